The fourth-order valence-electron chi connectivity index (χ4n) is 2.50. The molecular formula is C18H28N4O2. The number of methoxy groups -OCH3 is 1. The molecule has 0 amide bonds. The Hall–Kier alpha value is -2.05. The maximum Gasteiger partial charge on any atom is 0.191 e. The Morgan fingerprint density at radius 1 is 1.08 bits per heavy atom. The normalized spacial score (nSPS) is 11.8. The molecule has 0 unspecified atom stereocenters. The molecule has 0 saturated heterocycles. The molecule has 0 aliphatic heterocycles. The van der Waals surface area contributed by atoms with E-state index in [0.717, 1.165) is 32.0 Å². The van der Waals surface area contributed by atoms with Crippen molar-refractivity contribution in [3.63, 3.8) is 0 Å². The van der Waals surface area contributed by atoms with E-state index in [-0.39, 0.29) is 0 Å². The first-order valence-corrected chi connectivity index (χ1v) is 8.40. The molecule has 2 aromatic rings. The van der Waals surface area contributed by atoms with Gasteiger partial charge in [-0.2, -0.15) is 0 Å². The van der Waals surface area contributed by atoms with E-state index >= 15 is 0 Å². The van der Waals surface area contributed by atoms with Crippen molar-refractivity contribution in [3.8, 4) is 0 Å². The summed E-state index contributed by atoms with van der Waals surface area (Å²) in [5, 5.41) is 7.85. The highest BCUT2D eigenvalue weighted by Gasteiger charge is 2.00. The highest BCUT2D eigenvalue weighted by Crippen LogP contribution is 2.15. The van der Waals surface area contributed by atoms with Crippen molar-refractivity contribution in [2.45, 2.75) is 13.0 Å². The molecule has 6 nitrogen and oxygen atoms in total. The van der Waals surface area contributed by atoms with Gasteiger partial charge in [-0.15, -0.1) is 0 Å². The van der Waals surface area contributed by atoms with Gasteiger partial charge in [-0.3, -0.25) is 4.99 Å². The SMILES string of the molecule is CN=C(NCCCn1ccc2ccccc21)NCCOCCOC. The van der Waals surface area contributed by atoms with Crippen molar-refractivity contribution in [1.82, 2.24) is 15.2 Å². The monoisotopic (exact) mass is 332 g/mol. The van der Waals surface area contributed by atoms with Gasteiger partial charge in [0.05, 0.1) is 19.8 Å². The van der Waals surface area contributed by atoms with E-state index in [9.17, 15) is 0 Å². The van der Waals surface area contributed by atoms with Crippen molar-refractivity contribution in [2.24, 2.45) is 4.99 Å². The second-order valence-electron chi connectivity index (χ2n) is 5.45. The number of aliphatic imine (C=N–C) groups is 1. The summed E-state index contributed by atoms with van der Waals surface area (Å²) in [4.78, 5) is 4.21. The molecule has 0 bridgehead atoms. The fraction of sp³-hybridized carbons (Fsp3) is 0.500. The number of nitrogens with one attached hydrogen (secondary N) is 2. The van der Waals surface area contributed by atoms with Gasteiger partial charge in [-0.1, -0.05) is 18.2 Å². The van der Waals surface area contributed by atoms with Crippen molar-refractivity contribution in [2.75, 3.05) is 47.1 Å². The van der Waals surface area contributed by atoms with E-state index in [4.69, 9.17) is 9.47 Å². The average Bonchev–Trinajstić information content (AvgIpc) is 3.03. The maximum absolute atomic E-state index is 5.41. The van der Waals surface area contributed by atoms with E-state index in [2.05, 4.69) is 56.7 Å². The first-order chi connectivity index (χ1) is 11.8. The molecule has 1 heterocycles. The van der Waals surface area contributed by atoms with Crippen LogP contribution in [0, 0.1) is 0 Å². The number of rotatable bonds is 10. The molecule has 1 aromatic carbocycles. The first-order valence-electron chi connectivity index (χ1n) is 8.40. The number of fused-ring (bicyclic) bond motifs is 1. The smallest absolute Gasteiger partial charge is 0.191 e. The van der Waals surface area contributed by atoms with Crippen LogP contribution in [-0.2, 0) is 16.0 Å². The van der Waals surface area contributed by atoms with Gasteiger partial charge in [0, 0.05) is 45.5 Å². The Labute approximate surface area is 143 Å². The summed E-state index contributed by atoms with van der Waals surface area (Å²) in [5.74, 6) is 0.808. The molecule has 1 aromatic heterocycles. The molecule has 0 atom stereocenters. The van der Waals surface area contributed by atoms with Gasteiger partial charge in [0.15, 0.2) is 5.96 Å². The van der Waals surface area contributed by atoms with Crippen LogP contribution in [0.2, 0.25) is 0 Å². The van der Waals surface area contributed by atoms with Gasteiger partial charge < -0.3 is 24.7 Å². The molecule has 0 spiro atoms. The zero-order chi connectivity index (χ0) is 17.0. The number of benzene rings is 1. The van der Waals surface area contributed by atoms with Gasteiger partial charge in [-0.05, 0) is 23.9 Å². The predicted molar refractivity (Wildman–Crippen MR) is 98.6 cm³/mol. The van der Waals surface area contributed by atoms with E-state index in [1.165, 1.54) is 10.9 Å². The number of nitrogens with zero attached hydrogens (tertiary/aromatic N) is 2. The molecule has 0 radical (unpaired) electrons. The predicted octanol–water partition coefficient (Wildman–Crippen LogP) is 1.86. The number of hydrogen-bond acceptors (Lipinski definition) is 3. The van der Waals surface area contributed by atoms with Gasteiger partial charge in [0.25, 0.3) is 0 Å². The van der Waals surface area contributed by atoms with Crippen molar-refractivity contribution >= 4 is 16.9 Å². The van der Waals surface area contributed by atoms with E-state index in [1.54, 1.807) is 14.2 Å². The largest absolute Gasteiger partial charge is 0.382 e. The van der Waals surface area contributed by atoms with Crippen molar-refractivity contribution in [1.29, 1.82) is 0 Å². The quantitative estimate of drug-likeness (QED) is 0.396. The van der Waals surface area contributed by atoms with Crippen LogP contribution in [0.1, 0.15) is 6.42 Å². The lowest BCUT2D eigenvalue weighted by atomic mass is 10.2. The zero-order valence-electron chi connectivity index (χ0n) is 14.6. The second-order valence-corrected chi connectivity index (χ2v) is 5.45. The van der Waals surface area contributed by atoms with E-state index in [0.29, 0.717) is 19.8 Å². The standard InChI is InChI=1S/C18H28N4O2/c1-19-18(21-10-13-24-15-14-23-2)20-9-5-11-22-12-8-16-6-3-4-7-17(16)22/h3-4,6-8,12H,5,9-11,13-15H2,1-2H3,(H2,19,20,21). The molecule has 6 heteroatoms. The lowest BCUT2D eigenvalue weighted by molar-refractivity contribution is 0.0733. The van der Waals surface area contributed by atoms with Crippen LogP contribution in [0.5, 0.6) is 0 Å². The Bertz CT molecular complexity index is 624. The number of hydrogen-bond donors (Lipinski definition) is 2. The van der Waals surface area contributed by atoms with Crippen LogP contribution >= 0.6 is 0 Å². The van der Waals surface area contributed by atoms with Crippen molar-refractivity contribution < 1.29 is 9.47 Å². The molecule has 0 fully saturated rings. The van der Waals surface area contributed by atoms with E-state index < -0.39 is 0 Å². The molecule has 0 aliphatic rings. The number of ether oxygens (including phenoxy) is 2. The highest BCUT2D eigenvalue weighted by atomic mass is 16.5. The third kappa shape index (κ3) is 5.86. The van der Waals surface area contributed by atoms with Crippen LogP contribution in [0.4, 0.5) is 0 Å². The molecule has 2 rings (SSSR count). The summed E-state index contributed by atoms with van der Waals surface area (Å²) in [7, 11) is 3.45. The Morgan fingerprint density at radius 3 is 2.75 bits per heavy atom. The molecule has 2 N–H and O–H groups in total. The van der Waals surface area contributed by atoms with Crippen LogP contribution < -0.4 is 10.6 Å². The molecule has 132 valence electrons. The zero-order valence-corrected chi connectivity index (χ0v) is 14.6. The number of aryl methyl sites for hydroxylation is 1. The minimum atomic E-state index is 0.620. The summed E-state index contributed by atoms with van der Waals surface area (Å²) in [6, 6.07) is 10.6. The third-order valence-electron chi connectivity index (χ3n) is 3.74. The average molecular weight is 332 g/mol. The molecule has 0 saturated carbocycles. The number of guanidine groups is 1. The van der Waals surface area contributed by atoms with Crippen LogP contribution in [0.15, 0.2) is 41.5 Å². The van der Waals surface area contributed by atoms with Crippen LogP contribution in [-0.4, -0.2) is 57.6 Å². The Kier molecular flexibility index (Phi) is 8.13. The van der Waals surface area contributed by atoms with Gasteiger partial charge in [-0.25, -0.2) is 0 Å². The van der Waals surface area contributed by atoms with Gasteiger partial charge in [0.2, 0.25) is 0 Å². The molecule has 0 aliphatic carbocycles. The summed E-state index contributed by atoms with van der Waals surface area (Å²) >= 11 is 0. The van der Waals surface area contributed by atoms with Crippen LogP contribution in [0.3, 0.4) is 0 Å². The number of aromatic nitrogens is 1. The minimum Gasteiger partial charge on any atom is -0.382 e. The third-order valence-corrected chi connectivity index (χ3v) is 3.74. The Balaban J connectivity index is 1.62. The minimum absolute atomic E-state index is 0.620. The number of para-hydroxylation sites is 1. The summed E-state index contributed by atoms with van der Waals surface area (Å²) in [5.41, 5.74) is 1.29. The lowest BCUT2D eigenvalue weighted by Crippen LogP contribution is -2.39. The molecule has 24 heavy (non-hydrogen) atoms. The summed E-state index contributed by atoms with van der Waals surface area (Å²) < 4.78 is 12.6. The van der Waals surface area contributed by atoms with Gasteiger partial charge >= 0.3 is 0 Å². The maximum atomic E-state index is 5.41. The second kappa shape index (κ2) is 10.7. The fourth-order valence-corrected chi connectivity index (χ4v) is 2.50. The Morgan fingerprint density at radius 2 is 1.92 bits per heavy atom. The lowest BCUT2D eigenvalue weighted by Gasteiger charge is -2.12. The van der Waals surface area contributed by atoms with Crippen molar-refractivity contribution in [3.05, 3.63) is 36.5 Å². The summed E-state index contributed by atoms with van der Waals surface area (Å²) in [6.07, 6.45) is 3.18. The van der Waals surface area contributed by atoms with Gasteiger partial charge in [0.1, 0.15) is 0 Å². The first kappa shape index (κ1) is 18.3. The highest BCUT2D eigenvalue weighted by molar-refractivity contribution is 5.80. The molecular weight excluding hydrogens is 304 g/mol. The summed E-state index contributed by atoms with van der Waals surface area (Å²) in [6.45, 7) is 4.47. The topological polar surface area (TPSA) is 59.8 Å². The van der Waals surface area contributed by atoms with Crippen LogP contribution in [0.25, 0.3) is 10.9 Å². The van der Waals surface area contributed by atoms with E-state index in [1.807, 2.05) is 0 Å².